The van der Waals surface area contributed by atoms with Crippen LogP contribution in [0.2, 0.25) is 0 Å². The molecule has 0 radical (unpaired) electrons. The van der Waals surface area contributed by atoms with Crippen LogP contribution in [0.25, 0.3) is 11.2 Å². The predicted octanol–water partition coefficient (Wildman–Crippen LogP) is -1.31. The molecule has 5 N–H and O–H groups in total. The quantitative estimate of drug-likeness (QED) is 0.506. The molecular formula is C13H23N5O5. The monoisotopic (exact) mass is 329 g/mol. The van der Waals surface area contributed by atoms with Gasteiger partial charge in [0.1, 0.15) is 6.10 Å². The zero-order valence-corrected chi connectivity index (χ0v) is 13.4. The Morgan fingerprint density at radius 1 is 1.30 bits per heavy atom. The summed E-state index contributed by atoms with van der Waals surface area (Å²) in [6.07, 6.45) is 0.525. The molecule has 0 aromatic carbocycles. The molecule has 130 valence electrons. The normalized spacial score (nSPS) is 13.3. The van der Waals surface area contributed by atoms with Crippen molar-refractivity contribution in [2.75, 3.05) is 32.7 Å². The van der Waals surface area contributed by atoms with E-state index in [1.807, 2.05) is 7.05 Å². The highest BCUT2D eigenvalue weighted by atomic mass is 16.5. The molecule has 0 aliphatic rings. The number of hydrogen-bond donors (Lipinski definition) is 4. The van der Waals surface area contributed by atoms with Crippen molar-refractivity contribution in [3.8, 4) is 5.88 Å². The van der Waals surface area contributed by atoms with Gasteiger partial charge < -0.3 is 35.1 Å². The average molecular weight is 329 g/mol. The number of aliphatic hydroxyl groups excluding tert-OH is 3. The van der Waals surface area contributed by atoms with Gasteiger partial charge in [0.2, 0.25) is 11.8 Å². The maximum absolute atomic E-state index is 8.75. The maximum atomic E-state index is 8.75. The van der Waals surface area contributed by atoms with Crippen LogP contribution < -0.4 is 10.5 Å². The van der Waals surface area contributed by atoms with E-state index in [0.29, 0.717) is 17.0 Å². The summed E-state index contributed by atoms with van der Waals surface area (Å²) in [7, 11) is 3.36. The third kappa shape index (κ3) is 5.60. The van der Waals surface area contributed by atoms with Gasteiger partial charge in [-0.1, -0.05) is 0 Å². The molecule has 2 atom stereocenters. The molecule has 23 heavy (non-hydrogen) atoms. The second-order valence-corrected chi connectivity index (χ2v) is 4.78. The molecule has 2 rings (SSSR count). The third-order valence-electron chi connectivity index (χ3n) is 2.78. The van der Waals surface area contributed by atoms with Gasteiger partial charge in [0, 0.05) is 7.05 Å². The molecule has 2 aromatic heterocycles. The molecule has 0 aliphatic heterocycles. The van der Waals surface area contributed by atoms with Gasteiger partial charge in [-0.25, -0.2) is 4.98 Å². The summed E-state index contributed by atoms with van der Waals surface area (Å²) in [5.41, 5.74) is 6.78. The number of hydrogen-bond acceptors (Lipinski definition) is 9. The van der Waals surface area contributed by atoms with E-state index in [1.165, 1.54) is 7.11 Å². The molecule has 2 unspecified atom stereocenters. The SMILES string of the molecule is CC(CO)OCC(O)CO.COc1nc(N)nc2c1ncn2C. The molecule has 0 amide bonds. The van der Waals surface area contributed by atoms with E-state index >= 15 is 0 Å². The number of nitrogens with zero attached hydrogens (tertiary/aromatic N) is 4. The van der Waals surface area contributed by atoms with Crippen LogP contribution in [-0.2, 0) is 11.8 Å². The number of aromatic nitrogens is 4. The van der Waals surface area contributed by atoms with Crippen molar-refractivity contribution in [2.24, 2.45) is 7.05 Å². The minimum Gasteiger partial charge on any atom is -0.479 e. The van der Waals surface area contributed by atoms with Gasteiger partial charge >= 0.3 is 0 Å². The number of anilines is 1. The van der Waals surface area contributed by atoms with Gasteiger partial charge in [0.05, 0.1) is 39.4 Å². The average Bonchev–Trinajstić information content (AvgIpc) is 2.93. The van der Waals surface area contributed by atoms with E-state index in [9.17, 15) is 0 Å². The maximum Gasteiger partial charge on any atom is 0.246 e. The summed E-state index contributed by atoms with van der Waals surface area (Å²) >= 11 is 0. The van der Waals surface area contributed by atoms with Crippen molar-refractivity contribution in [3.63, 3.8) is 0 Å². The minimum atomic E-state index is -0.839. The molecule has 10 nitrogen and oxygen atoms in total. The molecule has 0 fully saturated rings. The van der Waals surface area contributed by atoms with E-state index in [1.54, 1.807) is 17.8 Å². The number of fused-ring (bicyclic) bond motifs is 1. The summed E-state index contributed by atoms with van der Waals surface area (Å²) < 4.78 is 11.7. The third-order valence-corrected chi connectivity index (χ3v) is 2.78. The van der Waals surface area contributed by atoms with Gasteiger partial charge in [-0.3, -0.25) is 0 Å². The Labute approximate surface area is 133 Å². The summed E-state index contributed by atoms with van der Waals surface area (Å²) in [5, 5.41) is 25.5. The zero-order valence-electron chi connectivity index (χ0n) is 13.4. The molecule has 0 saturated heterocycles. The second-order valence-electron chi connectivity index (χ2n) is 4.78. The molecule has 0 aliphatic carbocycles. The van der Waals surface area contributed by atoms with Crippen molar-refractivity contribution >= 4 is 17.1 Å². The number of nitrogens with two attached hydrogens (primary N) is 1. The lowest BCUT2D eigenvalue weighted by molar-refractivity contribution is -0.0387. The van der Waals surface area contributed by atoms with Crippen molar-refractivity contribution < 1.29 is 24.8 Å². The van der Waals surface area contributed by atoms with E-state index in [4.69, 9.17) is 30.5 Å². The Morgan fingerprint density at radius 3 is 2.57 bits per heavy atom. The molecule has 0 saturated carbocycles. The van der Waals surface area contributed by atoms with E-state index in [0.717, 1.165) is 0 Å². The van der Waals surface area contributed by atoms with Crippen LogP contribution >= 0.6 is 0 Å². The highest BCUT2D eigenvalue weighted by Crippen LogP contribution is 2.20. The van der Waals surface area contributed by atoms with Crippen LogP contribution in [0, 0.1) is 0 Å². The standard InChI is InChI=1S/C7H9N5O.C6H14O4/c1-12-3-9-4-5(12)10-7(8)11-6(4)13-2;1-5(2-7)10-4-6(9)3-8/h3H,1-2H3,(H2,8,10,11);5-9H,2-4H2,1H3. The smallest absolute Gasteiger partial charge is 0.246 e. The summed E-state index contributed by atoms with van der Waals surface area (Å²) in [4.78, 5) is 12.0. The highest BCUT2D eigenvalue weighted by Gasteiger charge is 2.10. The number of imidazole rings is 1. The number of nitrogen functional groups attached to an aromatic ring is 1. The van der Waals surface area contributed by atoms with E-state index in [-0.39, 0.29) is 31.9 Å². The van der Waals surface area contributed by atoms with Gasteiger partial charge in [-0.2, -0.15) is 9.97 Å². The number of aliphatic hydroxyl groups is 3. The van der Waals surface area contributed by atoms with Crippen LogP contribution in [0.3, 0.4) is 0 Å². The van der Waals surface area contributed by atoms with Crippen molar-refractivity contribution in [2.45, 2.75) is 19.1 Å². The fourth-order valence-electron chi connectivity index (χ4n) is 1.52. The zero-order chi connectivity index (χ0) is 17.4. The van der Waals surface area contributed by atoms with Crippen LogP contribution in [-0.4, -0.2) is 74.0 Å². The summed E-state index contributed by atoms with van der Waals surface area (Å²) in [6.45, 7) is 1.37. The van der Waals surface area contributed by atoms with Crippen LogP contribution in [0.15, 0.2) is 6.33 Å². The summed E-state index contributed by atoms with van der Waals surface area (Å²) in [5.74, 6) is 0.594. The second kappa shape index (κ2) is 9.20. The van der Waals surface area contributed by atoms with Crippen LogP contribution in [0.1, 0.15) is 6.92 Å². The fourth-order valence-corrected chi connectivity index (χ4v) is 1.52. The van der Waals surface area contributed by atoms with Crippen LogP contribution in [0.4, 0.5) is 5.95 Å². The lowest BCUT2D eigenvalue weighted by atomic mass is 10.4. The van der Waals surface area contributed by atoms with Gasteiger partial charge in [-0.15, -0.1) is 0 Å². The fraction of sp³-hybridized carbons (Fsp3) is 0.615. The number of aryl methyl sites for hydroxylation is 1. The number of ether oxygens (including phenoxy) is 2. The summed E-state index contributed by atoms with van der Waals surface area (Å²) in [6, 6.07) is 0. The Balaban J connectivity index is 0.000000241. The highest BCUT2D eigenvalue weighted by molar-refractivity contribution is 5.77. The Bertz CT molecular complexity index is 596. The molecule has 0 spiro atoms. The molecule has 2 aromatic rings. The Kier molecular flexibility index (Phi) is 7.62. The van der Waals surface area contributed by atoms with Crippen LogP contribution in [0.5, 0.6) is 5.88 Å². The first-order valence-electron chi connectivity index (χ1n) is 6.92. The molecular weight excluding hydrogens is 306 g/mol. The van der Waals surface area contributed by atoms with Gasteiger partial charge in [-0.05, 0) is 6.92 Å². The van der Waals surface area contributed by atoms with Gasteiger partial charge in [0.15, 0.2) is 11.2 Å². The molecule has 10 heteroatoms. The first-order valence-corrected chi connectivity index (χ1v) is 6.92. The van der Waals surface area contributed by atoms with Gasteiger partial charge in [0.25, 0.3) is 0 Å². The topological polar surface area (TPSA) is 149 Å². The molecule has 0 bridgehead atoms. The first kappa shape index (κ1) is 19.0. The number of rotatable bonds is 6. The van der Waals surface area contributed by atoms with Crippen molar-refractivity contribution in [1.82, 2.24) is 19.5 Å². The lowest BCUT2D eigenvalue weighted by Crippen LogP contribution is -2.24. The first-order chi connectivity index (χ1) is 10.9. The largest absolute Gasteiger partial charge is 0.479 e. The Morgan fingerprint density at radius 2 is 2.00 bits per heavy atom. The van der Waals surface area contributed by atoms with Crippen molar-refractivity contribution in [1.29, 1.82) is 0 Å². The van der Waals surface area contributed by atoms with Crippen molar-refractivity contribution in [3.05, 3.63) is 6.33 Å². The lowest BCUT2D eigenvalue weighted by Gasteiger charge is -2.12. The van der Waals surface area contributed by atoms with E-state index in [2.05, 4.69) is 15.0 Å². The predicted molar refractivity (Wildman–Crippen MR) is 82.9 cm³/mol. The molecule has 2 heterocycles. The minimum absolute atomic E-state index is 0.0677. The Hall–Kier alpha value is -2.01. The number of methoxy groups -OCH3 is 1. The van der Waals surface area contributed by atoms with E-state index < -0.39 is 6.10 Å².